The monoisotopic (exact) mass is 409 g/mol. The average molecular weight is 410 g/mol. The zero-order valence-electron chi connectivity index (χ0n) is 10.7. The summed E-state index contributed by atoms with van der Waals surface area (Å²) in [5.74, 6) is -0.131. The number of cyclic esters (lactones) is 1. The smallest absolute Gasteiger partial charge is 0.363 e. The van der Waals surface area contributed by atoms with Gasteiger partial charge in [-0.3, -0.25) is 0 Å². The molecule has 1 aliphatic heterocycles. The molecule has 0 amide bonds. The molecule has 0 N–H and O–H groups in total. The normalized spacial score (nSPS) is 16.0. The van der Waals surface area contributed by atoms with E-state index in [1.165, 1.54) is 0 Å². The molecule has 0 radical (unpaired) electrons. The minimum Gasteiger partial charge on any atom is -0.402 e. The highest BCUT2D eigenvalue weighted by Crippen LogP contribution is 2.21. The summed E-state index contributed by atoms with van der Waals surface area (Å²) in [6, 6.07) is 14.8. The van der Waals surface area contributed by atoms with Crippen molar-refractivity contribution < 1.29 is 9.53 Å². The van der Waals surface area contributed by atoms with Crippen LogP contribution in [0.2, 0.25) is 5.02 Å². The summed E-state index contributed by atoms with van der Waals surface area (Å²) >= 11 is 8.14. The Labute approximate surface area is 140 Å². The van der Waals surface area contributed by atoms with E-state index in [2.05, 4.69) is 27.6 Å². The third-order valence-electron chi connectivity index (χ3n) is 2.86. The van der Waals surface area contributed by atoms with Gasteiger partial charge in [0.25, 0.3) is 0 Å². The molecular weight excluding hydrogens is 401 g/mol. The topological polar surface area (TPSA) is 38.7 Å². The molecule has 2 aromatic carbocycles. The second-order valence-electron chi connectivity index (χ2n) is 4.40. The van der Waals surface area contributed by atoms with Crippen LogP contribution in [0.1, 0.15) is 11.1 Å². The highest BCUT2D eigenvalue weighted by molar-refractivity contribution is 14.1. The Kier molecular flexibility index (Phi) is 4.07. The molecule has 0 saturated heterocycles. The number of nitrogens with zero attached hydrogens (tertiary/aromatic N) is 1. The quantitative estimate of drug-likeness (QED) is 0.422. The van der Waals surface area contributed by atoms with Gasteiger partial charge in [-0.05, 0) is 70.6 Å². The third kappa shape index (κ3) is 3.33. The Morgan fingerprint density at radius 3 is 2.62 bits per heavy atom. The molecule has 0 aliphatic carbocycles. The largest absolute Gasteiger partial charge is 0.402 e. The minimum atomic E-state index is -0.455. The first-order valence-corrected chi connectivity index (χ1v) is 7.61. The highest BCUT2D eigenvalue weighted by Gasteiger charge is 2.23. The molecule has 0 atom stereocenters. The van der Waals surface area contributed by atoms with Gasteiger partial charge in [-0.25, -0.2) is 9.79 Å². The Morgan fingerprint density at radius 1 is 1.14 bits per heavy atom. The van der Waals surface area contributed by atoms with Gasteiger partial charge < -0.3 is 4.74 Å². The fourth-order valence-corrected chi connectivity index (χ4v) is 2.44. The van der Waals surface area contributed by atoms with Crippen molar-refractivity contribution in [2.75, 3.05) is 0 Å². The molecule has 1 heterocycles. The molecule has 5 heteroatoms. The Morgan fingerprint density at radius 2 is 1.90 bits per heavy atom. The molecular formula is C16H9ClINO2. The summed E-state index contributed by atoms with van der Waals surface area (Å²) in [6.07, 6.45) is 1.66. The van der Waals surface area contributed by atoms with Gasteiger partial charge in [0.1, 0.15) is 0 Å². The molecule has 3 rings (SSSR count). The fraction of sp³-hybridized carbons (Fsp3) is 0. The lowest BCUT2D eigenvalue weighted by Crippen LogP contribution is -2.05. The number of rotatable bonds is 2. The lowest BCUT2D eigenvalue weighted by molar-refractivity contribution is -0.129. The van der Waals surface area contributed by atoms with Crippen LogP contribution in [0.4, 0.5) is 0 Å². The van der Waals surface area contributed by atoms with E-state index < -0.39 is 5.97 Å². The number of ether oxygens (including phenoxy) is 1. The van der Waals surface area contributed by atoms with E-state index in [1.54, 1.807) is 18.2 Å². The number of halogens is 2. The number of carbonyl (C=O) groups excluding carboxylic acids is 1. The van der Waals surface area contributed by atoms with Crippen LogP contribution in [0.15, 0.2) is 59.2 Å². The molecule has 0 fully saturated rings. The summed E-state index contributed by atoms with van der Waals surface area (Å²) in [5.41, 5.74) is 1.85. The third-order valence-corrected chi connectivity index (χ3v) is 3.82. The summed E-state index contributed by atoms with van der Waals surface area (Å²) in [5, 5.41) is 0.609. The highest BCUT2D eigenvalue weighted by atomic mass is 127. The molecule has 0 saturated carbocycles. The fourth-order valence-electron chi connectivity index (χ4n) is 1.88. The predicted octanol–water partition coefficient (Wildman–Crippen LogP) is 4.29. The molecule has 21 heavy (non-hydrogen) atoms. The molecule has 1 aliphatic rings. The maximum absolute atomic E-state index is 11.9. The van der Waals surface area contributed by atoms with E-state index >= 15 is 0 Å². The Hall–Kier alpha value is -1.66. The van der Waals surface area contributed by atoms with Gasteiger partial charge in [-0.1, -0.05) is 23.7 Å². The van der Waals surface area contributed by atoms with Gasteiger partial charge in [0.15, 0.2) is 5.70 Å². The summed E-state index contributed by atoms with van der Waals surface area (Å²) < 4.78 is 6.32. The van der Waals surface area contributed by atoms with Crippen LogP contribution < -0.4 is 0 Å². The zero-order valence-corrected chi connectivity index (χ0v) is 13.6. The predicted molar refractivity (Wildman–Crippen MR) is 91.2 cm³/mol. The van der Waals surface area contributed by atoms with Crippen LogP contribution in [0.5, 0.6) is 0 Å². The van der Waals surface area contributed by atoms with Crippen LogP contribution in [-0.4, -0.2) is 11.9 Å². The molecule has 104 valence electrons. The van der Waals surface area contributed by atoms with Crippen molar-refractivity contribution in [2.24, 2.45) is 4.99 Å². The van der Waals surface area contributed by atoms with Crippen LogP contribution in [-0.2, 0) is 9.53 Å². The van der Waals surface area contributed by atoms with E-state index in [1.807, 2.05) is 36.4 Å². The Balaban J connectivity index is 1.93. The van der Waals surface area contributed by atoms with Crippen molar-refractivity contribution in [1.82, 2.24) is 0 Å². The minimum absolute atomic E-state index is 0.269. The Bertz CT molecular complexity index is 766. The number of benzene rings is 2. The molecule has 0 spiro atoms. The molecule has 0 bridgehead atoms. The van der Waals surface area contributed by atoms with Crippen LogP contribution in [0.25, 0.3) is 6.08 Å². The van der Waals surface area contributed by atoms with Gasteiger partial charge in [0, 0.05) is 14.2 Å². The van der Waals surface area contributed by atoms with E-state index in [0.717, 1.165) is 14.7 Å². The van der Waals surface area contributed by atoms with Gasteiger partial charge >= 0.3 is 5.97 Å². The molecule has 3 nitrogen and oxygen atoms in total. The van der Waals surface area contributed by atoms with Crippen molar-refractivity contribution in [1.29, 1.82) is 0 Å². The van der Waals surface area contributed by atoms with Crippen molar-refractivity contribution in [3.8, 4) is 0 Å². The number of aliphatic imine (C=N–C) groups is 1. The maximum atomic E-state index is 11.9. The van der Waals surface area contributed by atoms with E-state index in [0.29, 0.717) is 10.9 Å². The summed E-state index contributed by atoms with van der Waals surface area (Å²) in [4.78, 5) is 16.1. The molecule has 0 aromatic heterocycles. The van der Waals surface area contributed by atoms with E-state index in [-0.39, 0.29) is 5.70 Å². The summed E-state index contributed by atoms with van der Waals surface area (Å²) in [7, 11) is 0. The van der Waals surface area contributed by atoms with Gasteiger partial charge in [0.05, 0.1) is 0 Å². The van der Waals surface area contributed by atoms with Crippen molar-refractivity contribution >= 4 is 52.1 Å². The van der Waals surface area contributed by atoms with Crippen molar-refractivity contribution in [2.45, 2.75) is 0 Å². The second kappa shape index (κ2) is 5.99. The van der Waals surface area contributed by atoms with Crippen molar-refractivity contribution in [3.05, 3.63) is 73.9 Å². The number of carbonyl (C=O) groups is 1. The standard InChI is InChI=1S/C16H9ClINO2/c17-12-3-1-2-10(8-12)9-14-16(20)21-15(19-14)11-4-6-13(18)7-5-11/h1-9H/b14-9+. The first kappa shape index (κ1) is 14.3. The number of esters is 1. The first-order chi connectivity index (χ1) is 10.1. The SMILES string of the molecule is O=C1OC(c2ccc(I)cc2)=N/C1=C/c1cccc(Cl)c1. The zero-order chi connectivity index (χ0) is 14.8. The molecule has 0 unspecified atom stereocenters. The van der Waals surface area contributed by atoms with Crippen molar-refractivity contribution in [3.63, 3.8) is 0 Å². The summed E-state index contributed by atoms with van der Waals surface area (Å²) in [6.45, 7) is 0. The van der Waals surface area contributed by atoms with Crippen LogP contribution in [0, 0.1) is 3.57 Å². The lowest BCUT2D eigenvalue weighted by Gasteiger charge is -1.98. The first-order valence-electron chi connectivity index (χ1n) is 6.16. The van der Waals surface area contributed by atoms with Gasteiger partial charge in [-0.15, -0.1) is 0 Å². The number of hydrogen-bond donors (Lipinski definition) is 0. The van der Waals surface area contributed by atoms with Crippen LogP contribution >= 0.6 is 34.2 Å². The molecule has 2 aromatic rings. The second-order valence-corrected chi connectivity index (χ2v) is 6.08. The van der Waals surface area contributed by atoms with E-state index in [9.17, 15) is 4.79 Å². The lowest BCUT2D eigenvalue weighted by atomic mass is 10.2. The number of hydrogen-bond acceptors (Lipinski definition) is 3. The average Bonchev–Trinajstić information content (AvgIpc) is 2.81. The van der Waals surface area contributed by atoms with Crippen LogP contribution in [0.3, 0.4) is 0 Å². The van der Waals surface area contributed by atoms with E-state index in [4.69, 9.17) is 16.3 Å². The van der Waals surface area contributed by atoms with Gasteiger partial charge in [-0.2, -0.15) is 0 Å². The van der Waals surface area contributed by atoms with Gasteiger partial charge in [0.2, 0.25) is 5.90 Å². The maximum Gasteiger partial charge on any atom is 0.363 e.